The van der Waals surface area contributed by atoms with Crippen molar-refractivity contribution in [3.05, 3.63) is 51.3 Å². The van der Waals surface area contributed by atoms with E-state index in [9.17, 15) is 19.8 Å². The minimum absolute atomic E-state index is 0.0396. The molecule has 148 valence electrons. The average Bonchev–Trinajstić information content (AvgIpc) is 2.62. The lowest BCUT2D eigenvalue weighted by atomic mass is 9.86. The Morgan fingerprint density at radius 1 is 1.29 bits per heavy atom. The molecule has 2 heterocycles. The van der Waals surface area contributed by atoms with Crippen LogP contribution in [0.4, 0.5) is 0 Å². The van der Waals surface area contributed by atoms with Gasteiger partial charge in [0.1, 0.15) is 11.3 Å². The first kappa shape index (κ1) is 18.7. The van der Waals surface area contributed by atoms with E-state index in [1.54, 1.807) is 0 Å². The number of hydrogen-bond acceptors (Lipinski definition) is 4. The van der Waals surface area contributed by atoms with Gasteiger partial charge in [-0.2, -0.15) is 0 Å². The number of carboxylic acids is 1. The molecule has 6 heteroatoms. The fourth-order valence-electron chi connectivity index (χ4n) is 4.06. The summed E-state index contributed by atoms with van der Waals surface area (Å²) in [5.74, 6) is -0.245. The van der Waals surface area contributed by atoms with Gasteiger partial charge in [0.15, 0.2) is 5.43 Å². The van der Waals surface area contributed by atoms with E-state index in [4.69, 9.17) is 4.74 Å². The zero-order chi connectivity index (χ0) is 20.0. The molecule has 2 aliphatic rings. The molecule has 0 radical (unpaired) electrons. The van der Waals surface area contributed by atoms with Gasteiger partial charge in [-0.25, -0.2) is 4.79 Å². The van der Waals surface area contributed by atoms with Crippen molar-refractivity contribution < 1.29 is 19.7 Å². The highest BCUT2D eigenvalue weighted by Crippen LogP contribution is 2.41. The Labute approximate surface area is 163 Å². The van der Waals surface area contributed by atoms with E-state index in [1.807, 2.05) is 16.7 Å². The van der Waals surface area contributed by atoms with Crippen molar-refractivity contribution in [2.24, 2.45) is 5.92 Å². The largest absolute Gasteiger partial charge is 0.490 e. The SMILES string of the molecule is CC(C)[C@@H]1Cc2cc(OC3CCC3)c(CO)cc2-c2cc(=O)c(C(=O)O)cn21. The first-order chi connectivity index (χ1) is 13.4. The number of benzene rings is 1. The third-order valence-electron chi connectivity index (χ3n) is 5.94. The molecular formula is C22H25NO5. The summed E-state index contributed by atoms with van der Waals surface area (Å²) in [4.78, 5) is 23.8. The molecule has 28 heavy (non-hydrogen) atoms. The lowest BCUT2D eigenvalue weighted by Gasteiger charge is -2.34. The fourth-order valence-corrected chi connectivity index (χ4v) is 4.06. The smallest absolute Gasteiger partial charge is 0.341 e. The van der Waals surface area contributed by atoms with Crippen LogP contribution in [-0.4, -0.2) is 26.9 Å². The molecule has 1 aromatic carbocycles. The Morgan fingerprint density at radius 2 is 2.04 bits per heavy atom. The summed E-state index contributed by atoms with van der Waals surface area (Å²) in [6, 6.07) is 5.32. The van der Waals surface area contributed by atoms with Crippen molar-refractivity contribution in [2.45, 2.75) is 58.3 Å². The van der Waals surface area contributed by atoms with Crippen LogP contribution in [0.25, 0.3) is 11.3 Å². The first-order valence-corrected chi connectivity index (χ1v) is 9.82. The minimum atomic E-state index is -1.21. The Hall–Kier alpha value is -2.60. The number of hydrogen-bond donors (Lipinski definition) is 2. The van der Waals surface area contributed by atoms with E-state index >= 15 is 0 Å². The number of nitrogens with zero attached hydrogens (tertiary/aromatic N) is 1. The lowest BCUT2D eigenvalue weighted by Crippen LogP contribution is -2.29. The Morgan fingerprint density at radius 3 is 2.61 bits per heavy atom. The van der Waals surface area contributed by atoms with Crippen LogP contribution >= 0.6 is 0 Å². The van der Waals surface area contributed by atoms with Gasteiger partial charge in [-0.15, -0.1) is 0 Å². The number of aromatic carboxylic acids is 1. The highest BCUT2D eigenvalue weighted by atomic mass is 16.5. The van der Waals surface area contributed by atoms with Gasteiger partial charge in [0.2, 0.25) is 0 Å². The normalized spacial score (nSPS) is 18.4. The van der Waals surface area contributed by atoms with E-state index in [0.717, 1.165) is 24.0 Å². The van der Waals surface area contributed by atoms with Gasteiger partial charge in [0, 0.05) is 29.4 Å². The highest BCUT2D eigenvalue weighted by molar-refractivity contribution is 5.87. The van der Waals surface area contributed by atoms with Crippen LogP contribution in [0, 0.1) is 5.92 Å². The predicted molar refractivity (Wildman–Crippen MR) is 105 cm³/mol. The first-order valence-electron chi connectivity index (χ1n) is 9.82. The summed E-state index contributed by atoms with van der Waals surface area (Å²) < 4.78 is 8.00. The summed E-state index contributed by atoms with van der Waals surface area (Å²) in [5, 5.41) is 19.2. The Balaban J connectivity index is 1.88. The molecule has 1 fully saturated rings. The van der Waals surface area contributed by atoms with Gasteiger partial charge in [-0.05, 0) is 49.3 Å². The second-order valence-corrected chi connectivity index (χ2v) is 8.11. The quantitative estimate of drug-likeness (QED) is 0.826. The molecule has 2 N–H and O–H groups in total. The van der Waals surface area contributed by atoms with Crippen LogP contribution in [0.1, 0.15) is 60.6 Å². The monoisotopic (exact) mass is 383 g/mol. The fraction of sp³-hybridized carbons (Fsp3) is 0.455. The lowest BCUT2D eigenvalue weighted by molar-refractivity contribution is 0.0694. The number of pyridine rings is 1. The van der Waals surface area contributed by atoms with E-state index in [-0.39, 0.29) is 30.2 Å². The standard InChI is InChI=1S/C22H25NO5/c1-12(2)18-7-13-8-21(28-15-4-3-5-15)14(11-24)6-16(13)19-9-20(25)17(22(26)27)10-23(18)19/h6,8-10,12,15,18,24H,3-5,7,11H2,1-2H3,(H,26,27)/t18-/m0/s1. The number of ether oxygens (including phenoxy) is 1. The number of aliphatic hydroxyl groups excluding tert-OH is 1. The zero-order valence-electron chi connectivity index (χ0n) is 16.1. The minimum Gasteiger partial charge on any atom is -0.490 e. The van der Waals surface area contributed by atoms with Crippen molar-refractivity contribution in [2.75, 3.05) is 0 Å². The third kappa shape index (κ3) is 3.11. The van der Waals surface area contributed by atoms with Gasteiger partial charge in [0.05, 0.1) is 18.4 Å². The van der Waals surface area contributed by atoms with Crippen molar-refractivity contribution in [3.8, 4) is 17.0 Å². The van der Waals surface area contributed by atoms with Gasteiger partial charge >= 0.3 is 5.97 Å². The zero-order valence-corrected chi connectivity index (χ0v) is 16.1. The van der Waals surface area contributed by atoms with Crippen molar-refractivity contribution >= 4 is 5.97 Å². The van der Waals surface area contributed by atoms with Crippen molar-refractivity contribution in [3.63, 3.8) is 0 Å². The molecule has 6 nitrogen and oxygen atoms in total. The number of carboxylic acid groups (broad SMARTS) is 1. The topological polar surface area (TPSA) is 88.8 Å². The summed E-state index contributed by atoms with van der Waals surface area (Å²) in [6.07, 6.45) is 5.63. The molecule has 1 aliphatic carbocycles. The molecule has 1 aliphatic heterocycles. The summed E-state index contributed by atoms with van der Waals surface area (Å²) in [5.41, 5.74) is 2.58. The third-order valence-corrected chi connectivity index (χ3v) is 5.94. The maximum atomic E-state index is 12.4. The van der Waals surface area contributed by atoms with Crippen LogP contribution in [0.5, 0.6) is 5.75 Å². The maximum Gasteiger partial charge on any atom is 0.341 e. The molecule has 0 amide bonds. The van der Waals surface area contributed by atoms with Gasteiger partial charge in [-0.1, -0.05) is 13.8 Å². The Bertz CT molecular complexity index is 987. The molecule has 0 saturated heterocycles. The number of aliphatic hydroxyl groups is 1. The van der Waals surface area contributed by atoms with Crippen LogP contribution < -0.4 is 10.2 Å². The molecule has 4 rings (SSSR count). The molecule has 1 atom stereocenters. The van der Waals surface area contributed by atoms with E-state index in [1.165, 1.54) is 18.7 Å². The van der Waals surface area contributed by atoms with Crippen LogP contribution in [0.3, 0.4) is 0 Å². The van der Waals surface area contributed by atoms with Gasteiger partial charge in [-0.3, -0.25) is 4.79 Å². The number of fused-ring (bicyclic) bond motifs is 3. The maximum absolute atomic E-state index is 12.4. The molecule has 0 spiro atoms. The summed E-state index contributed by atoms with van der Waals surface area (Å²) in [7, 11) is 0. The highest BCUT2D eigenvalue weighted by Gasteiger charge is 2.29. The van der Waals surface area contributed by atoms with Gasteiger partial charge in [0.25, 0.3) is 0 Å². The molecule has 0 unspecified atom stereocenters. The van der Waals surface area contributed by atoms with Crippen molar-refractivity contribution in [1.82, 2.24) is 4.57 Å². The van der Waals surface area contributed by atoms with E-state index in [0.29, 0.717) is 23.4 Å². The predicted octanol–water partition coefficient (Wildman–Crippen LogP) is 3.39. The number of rotatable bonds is 5. The molecule has 0 bridgehead atoms. The van der Waals surface area contributed by atoms with Crippen molar-refractivity contribution in [1.29, 1.82) is 0 Å². The van der Waals surface area contributed by atoms with Crippen LogP contribution in [-0.2, 0) is 13.0 Å². The molecule has 1 saturated carbocycles. The summed E-state index contributed by atoms with van der Waals surface area (Å²) in [6.45, 7) is 4.03. The summed E-state index contributed by atoms with van der Waals surface area (Å²) >= 11 is 0. The van der Waals surface area contributed by atoms with Crippen LogP contribution in [0.2, 0.25) is 0 Å². The van der Waals surface area contributed by atoms with E-state index in [2.05, 4.69) is 13.8 Å². The molecule has 2 aromatic rings. The second-order valence-electron chi connectivity index (χ2n) is 8.11. The number of aromatic nitrogens is 1. The Kier molecular flexibility index (Phi) is 4.75. The van der Waals surface area contributed by atoms with Gasteiger partial charge < -0.3 is 19.5 Å². The average molecular weight is 383 g/mol. The molecular weight excluding hydrogens is 358 g/mol. The number of carbonyl (C=O) groups is 1. The van der Waals surface area contributed by atoms with Crippen LogP contribution in [0.15, 0.2) is 29.2 Å². The second kappa shape index (κ2) is 7.09. The van der Waals surface area contributed by atoms with E-state index < -0.39 is 11.4 Å². The molecule has 1 aromatic heterocycles.